The van der Waals surface area contributed by atoms with E-state index >= 15 is 0 Å². The molecule has 0 aliphatic heterocycles. The van der Waals surface area contributed by atoms with Gasteiger partial charge in [-0.1, -0.05) is 34.1 Å². The molecule has 100 valence electrons. The molecule has 0 radical (unpaired) electrons. The number of aryl methyl sites for hydroxylation is 2. The molecule has 0 aromatic heterocycles. The molecule has 0 heterocycles. The number of benzene rings is 2. The van der Waals surface area contributed by atoms with Crippen LogP contribution >= 0.6 is 15.9 Å². The molecule has 19 heavy (non-hydrogen) atoms. The number of rotatable bonds is 4. The highest BCUT2D eigenvalue weighted by atomic mass is 79.9. The Hall–Kier alpha value is -1.32. The molecular formula is C16H18BrNO. The molecule has 2 aromatic carbocycles. The molecule has 0 atom stereocenters. The highest BCUT2D eigenvalue weighted by Crippen LogP contribution is 2.29. The van der Waals surface area contributed by atoms with Gasteiger partial charge in [-0.25, -0.2) is 0 Å². The zero-order valence-electron chi connectivity index (χ0n) is 11.5. The van der Waals surface area contributed by atoms with Crippen LogP contribution in [0.1, 0.15) is 16.7 Å². The van der Waals surface area contributed by atoms with E-state index in [1.165, 1.54) is 11.1 Å². The SMILES string of the molecule is CNCc1ccc(Oc2cc(C)ccc2C)cc1Br. The summed E-state index contributed by atoms with van der Waals surface area (Å²) >= 11 is 3.57. The zero-order chi connectivity index (χ0) is 13.8. The van der Waals surface area contributed by atoms with Crippen LogP contribution in [0.25, 0.3) is 0 Å². The van der Waals surface area contributed by atoms with E-state index in [0.717, 1.165) is 28.1 Å². The van der Waals surface area contributed by atoms with E-state index in [1.807, 2.05) is 19.2 Å². The van der Waals surface area contributed by atoms with Crippen LogP contribution in [0.5, 0.6) is 11.5 Å². The van der Waals surface area contributed by atoms with E-state index in [1.54, 1.807) is 0 Å². The Bertz CT molecular complexity index is 581. The minimum absolute atomic E-state index is 0.838. The largest absolute Gasteiger partial charge is 0.457 e. The van der Waals surface area contributed by atoms with Gasteiger partial charge < -0.3 is 10.1 Å². The molecule has 0 aliphatic carbocycles. The summed E-state index contributed by atoms with van der Waals surface area (Å²) in [6.07, 6.45) is 0. The molecular weight excluding hydrogens is 302 g/mol. The third kappa shape index (κ3) is 3.58. The lowest BCUT2D eigenvalue weighted by Gasteiger charge is -2.11. The third-order valence-corrected chi connectivity index (χ3v) is 3.70. The van der Waals surface area contributed by atoms with E-state index in [-0.39, 0.29) is 0 Å². The summed E-state index contributed by atoms with van der Waals surface area (Å²) in [4.78, 5) is 0. The van der Waals surface area contributed by atoms with Crippen molar-refractivity contribution >= 4 is 15.9 Å². The van der Waals surface area contributed by atoms with Crippen molar-refractivity contribution in [2.75, 3.05) is 7.05 Å². The minimum Gasteiger partial charge on any atom is -0.457 e. The van der Waals surface area contributed by atoms with Crippen molar-refractivity contribution in [3.05, 3.63) is 57.6 Å². The first-order valence-corrected chi connectivity index (χ1v) is 7.07. The van der Waals surface area contributed by atoms with Crippen LogP contribution in [0.2, 0.25) is 0 Å². The van der Waals surface area contributed by atoms with Gasteiger partial charge in [-0.15, -0.1) is 0 Å². The zero-order valence-corrected chi connectivity index (χ0v) is 13.0. The molecule has 0 spiro atoms. The summed E-state index contributed by atoms with van der Waals surface area (Å²) in [5.74, 6) is 1.76. The normalized spacial score (nSPS) is 10.5. The first-order chi connectivity index (χ1) is 9.10. The first kappa shape index (κ1) is 14.1. The maximum Gasteiger partial charge on any atom is 0.130 e. The summed E-state index contributed by atoms with van der Waals surface area (Å²) < 4.78 is 7.01. The number of halogens is 1. The van der Waals surface area contributed by atoms with Gasteiger partial charge in [0.1, 0.15) is 11.5 Å². The smallest absolute Gasteiger partial charge is 0.130 e. The highest BCUT2D eigenvalue weighted by Gasteiger charge is 2.05. The summed E-state index contributed by atoms with van der Waals surface area (Å²) in [7, 11) is 1.94. The highest BCUT2D eigenvalue weighted by molar-refractivity contribution is 9.10. The van der Waals surface area contributed by atoms with Gasteiger partial charge >= 0.3 is 0 Å². The summed E-state index contributed by atoms with van der Waals surface area (Å²) in [5, 5.41) is 3.14. The summed E-state index contributed by atoms with van der Waals surface area (Å²) in [6.45, 7) is 4.96. The third-order valence-electron chi connectivity index (χ3n) is 2.96. The van der Waals surface area contributed by atoms with E-state index in [0.29, 0.717) is 0 Å². The standard InChI is InChI=1S/C16H18BrNO/c1-11-4-5-12(2)16(8-11)19-14-7-6-13(10-18-3)15(17)9-14/h4-9,18H,10H2,1-3H3. The Morgan fingerprint density at radius 1 is 1.11 bits per heavy atom. The van der Waals surface area contributed by atoms with Crippen LogP contribution in [0, 0.1) is 13.8 Å². The second-order valence-corrected chi connectivity index (χ2v) is 5.51. The Balaban J connectivity index is 2.24. The summed E-state index contributed by atoms with van der Waals surface area (Å²) in [5.41, 5.74) is 3.56. The van der Waals surface area contributed by atoms with Crippen molar-refractivity contribution in [3.8, 4) is 11.5 Å². The maximum absolute atomic E-state index is 5.95. The number of nitrogens with one attached hydrogen (secondary N) is 1. The van der Waals surface area contributed by atoms with Crippen LogP contribution in [-0.4, -0.2) is 7.05 Å². The predicted octanol–water partition coefficient (Wildman–Crippen LogP) is 4.58. The van der Waals surface area contributed by atoms with Gasteiger partial charge in [0.25, 0.3) is 0 Å². The molecule has 3 heteroatoms. The van der Waals surface area contributed by atoms with Crippen molar-refractivity contribution in [1.29, 1.82) is 0 Å². The van der Waals surface area contributed by atoms with Gasteiger partial charge in [0.05, 0.1) is 0 Å². The lowest BCUT2D eigenvalue weighted by Crippen LogP contribution is -2.05. The second-order valence-electron chi connectivity index (χ2n) is 4.65. The fourth-order valence-electron chi connectivity index (χ4n) is 1.87. The van der Waals surface area contributed by atoms with Gasteiger partial charge in [-0.3, -0.25) is 0 Å². The van der Waals surface area contributed by atoms with Crippen molar-refractivity contribution in [3.63, 3.8) is 0 Å². The molecule has 0 saturated heterocycles. The van der Waals surface area contributed by atoms with Gasteiger partial charge in [-0.2, -0.15) is 0 Å². The van der Waals surface area contributed by atoms with E-state index in [9.17, 15) is 0 Å². The Morgan fingerprint density at radius 2 is 1.89 bits per heavy atom. The number of ether oxygens (including phenoxy) is 1. The van der Waals surface area contributed by atoms with Gasteiger partial charge in [-0.05, 0) is 55.8 Å². The molecule has 0 unspecified atom stereocenters. The lowest BCUT2D eigenvalue weighted by atomic mass is 10.1. The average molecular weight is 320 g/mol. The van der Waals surface area contributed by atoms with Crippen molar-refractivity contribution < 1.29 is 4.74 Å². The Labute approximate surface area is 122 Å². The molecule has 1 N–H and O–H groups in total. The quantitative estimate of drug-likeness (QED) is 0.890. The van der Waals surface area contributed by atoms with E-state index in [2.05, 4.69) is 59.4 Å². The molecule has 2 rings (SSSR count). The Kier molecular flexibility index (Phi) is 4.61. The van der Waals surface area contributed by atoms with Gasteiger partial charge in [0.2, 0.25) is 0 Å². The van der Waals surface area contributed by atoms with Crippen LogP contribution < -0.4 is 10.1 Å². The minimum atomic E-state index is 0.838. The molecule has 0 saturated carbocycles. The molecule has 2 nitrogen and oxygen atoms in total. The van der Waals surface area contributed by atoms with Gasteiger partial charge in [0, 0.05) is 11.0 Å². The fourth-order valence-corrected chi connectivity index (χ4v) is 2.37. The summed E-state index contributed by atoms with van der Waals surface area (Å²) in [6, 6.07) is 12.3. The van der Waals surface area contributed by atoms with Crippen molar-refractivity contribution in [1.82, 2.24) is 5.32 Å². The predicted molar refractivity (Wildman–Crippen MR) is 82.9 cm³/mol. The molecule has 2 aromatic rings. The van der Waals surface area contributed by atoms with Crippen molar-refractivity contribution in [2.24, 2.45) is 0 Å². The number of hydrogen-bond donors (Lipinski definition) is 1. The van der Waals surface area contributed by atoms with E-state index in [4.69, 9.17) is 4.74 Å². The van der Waals surface area contributed by atoms with Crippen LogP contribution in [0.3, 0.4) is 0 Å². The first-order valence-electron chi connectivity index (χ1n) is 6.28. The van der Waals surface area contributed by atoms with Crippen LogP contribution in [0.4, 0.5) is 0 Å². The Morgan fingerprint density at radius 3 is 2.58 bits per heavy atom. The fraction of sp³-hybridized carbons (Fsp3) is 0.250. The average Bonchev–Trinajstić information content (AvgIpc) is 2.37. The van der Waals surface area contributed by atoms with Gasteiger partial charge in [0.15, 0.2) is 0 Å². The molecule has 0 amide bonds. The monoisotopic (exact) mass is 319 g/mol. The van der Waals surface area contributed by atoms with Crippen LogP contribution in [0.15, 0.2) is 40.9 Å². The molecule has 0 aliphatic rings. The molecule has 0 bridgehead atoms. The second kappa shape index (κ2) is 6.22. The maximum atomic E-state index is 5.95. The van der Waals surface area contributed by atoms with E-state index < -0.39 is 0 Å². The van der Waals surface area contributed by atoms with Crippen LogP contribution in [-0.2, 0) is 6.54 Å². The molecule has 0 fully saturated rings. The van der Waals surface area contributed by atoms with Crippen molar-refractivity contribution in [2.45, 2.75) is 20.4 Å². The lowest BCUT2D eigenvalue weighted by molar-refractivity contribution is 0.478. The number of hydrogen-bond acceptors (Lipinski definition) is 2. The topological polar surface area (TPSA) is 21.3 Å².